The Balaban J connectivity index is 1.76. The Hall–Kier alpha value is -3.94. The van der Waals surface area contributed by atoms with Gasteiger partial charge in [0.05, 0.1) is 36.9 Å². The van der Waals surface area contributed by atoms with Crippen LogP contribution in [0.2, 0.25) is 0 Å². The molecule has 8 nitrogen and oxygen atoms in total. The molecule has 2 aromatic heterocycles. The lowest BCUT2D eigenvalue weighted by molar-refractivity contribution is 0.101. The van der Waals surface area contributed by atoms with E-state index in [1.54, 1.807) is 18.7 Å². The number of aromatic nitrogens is 4. The number of ether oxygens (including phenoxy) is 2. The average Bonchev–Trinajstić information content (AvgIpc) is 3.19. The third-order valence-corrected chi connectivity index (χ3v) is 5.37. The van der Waals surface area contributed by atoms with Crippen molar-refractivity contribution in [2.24, 2.45) is 0 Å². The summed E-state index contributed by atoms with van der Waals surface area (Å²) in [5, 5.41) is 16.2. The van der Waals surface area contributed by atoms with E-state index in [0.717, 1.165) is 28.1 Å². The molecule has 0 atom stereocenters. The Kier molecular flexibility index (Phi) is 5.77. The molecule has 8 heteroatoms. The molecule has 0 saturated heterocycles. The first-order chi connectivity index (χ1) is 15.5. The Morgan fingerprint density at radius 2 is 1.78 bits per heavy atom. The summed E-state index contributed by atoms with van der Waals surface area (Å²) in [7, 11) is 3.20. The maximum Gasteiger partial charge on any atom is 0.278 e. The lowest BCUT2D eigenvalue weighted by atomic mass is 10.0. The molecule has 164 valence electrons. The first-order valence-corrected chi connectivity index (χ1v) is 10.3. The molecule has 32 heavy (non-hydrogen) atoms. The molecule has 0 bridgehead atoms. The number of nitrogens with one attached hydrogen (secondary N) is 1. The number of nitrogens with zero attached hydrogens (tertiary/aromatic N) is 4. The summed E-state index contributed by atoms with van der Waals surface area (Å²) in [6, 6.07) is 13.3. The molecule has 0 aliphatic rings. The molecule has 0 spiro atoms. The van der Waals surface area contributed by atoms with Crippen LogP contribution in [0.25, 0.3) is 16.8 Å². The van der Waals surface area contributed by atoms with Gasteiger partial charge in [0, 0.05) is 0 Å². The van der Waals surface area contributed by atoms with Crippen LogP contribution in [0.5, 0.6) is 11.5 Å². The van der Waals surface area contributed by atoms with Gasteiger partial charge in [-0.05, 0) is 55.7 Å². The van der Waals surface area contributed by atoms with Crippen molar-refractivity contribution < 1.29 is 14.3 Å². The second-order valence-corrected chi connectivity index (χ2v) is 7.43. The Bertz CT molecular complexity index is 1300. The fraction of sp³-hybridized carbons (Fsp3) is 0.250. The second-order valence-electron chi connectivity index (χ2n) is 7.43. The number of fused-ring (bicyclic) bond motifs is 1. The predicted octanol–water partition coefficient (Wildman–Crippen LogP) is 4.24. The van der Waals surface area contributed by atoms with Gasteiger partial charge in [0.1, 0.15) is 11.5 Å². The van der Waals surface area contributed by atoms with Crippen LogP contribution in [0.3, 0.4) is 0 Å². The van der Waals surface area contributed by atoms with Crippen LogP contribution in [0.1, 0.15) is 34.4 Å². The van der Waals surface area contributed by atoms with Crippen LogP contribution in [-0.2, 0) is 6.42 Å². The summed E-state index contributed by atoms with van der Waals surface area (Å²) < 4.78 is 12.3. The largest absolute Gasteiger partial charge is 0.497 e. The van der Waals surface area contributed by atoms with Crippen LogP contribution in [0.4, 0.5) is 5.69 Å². The summed E-state index contributed by atoms with van der Waals surface area (Å²) in [4.78, 5) is 13.0. The van der Waals surface area contributed by atoms with E-state index in [1.165, 1.54) is 0 Å². The molecule has 2 aromatic carbocycles. The van der Waals surface area contributed by atoms with E-state index in [4.69, 9.17) is 14.6 Å². The number of methoxy groups -OCH3 is 2. The van der Waals surface area contributed by atoms with Crippen molar-refractivity contribution in [2.75, 3.05) is 19.5 Å². The lowest BCUT2D eigenvalue weighted by Gasteiger charge is -2.12. The van der Waals surface area contributed by atoms with Gasteiger partial charge in [-0.25, -0.2) is 4.52 Å². The number of hydrogen-bond acceptors (Lipinski definition) is 6. The number of rotatable bonds is 6. The smallest absolute Gasteiger partial charge is 0.278 e. The predicted molar refractivity (Wildman–Crippen MR) is 123 cm³/mol. The van der Waals surface area contributed by atoms with Crippen molar-refractivity contribution in [3.05, 3.63) is 65.1 Å². The van der Waals surface area contributed by atoms with Crippen LogP contribution >= 0.6 is 0 Å². The highest BCUT2D eigenvalue weighted by Gasteiger charge is 2.22. The first kappa shape index (κ1) is 21.3. The van der Waals surface area contributed by atoms with E-state index < -0.39 is 0 Å². The van der Waals surface area contributed by atoms with Gasteiger partial charge in [0.15, 0.2) is 11.3 Å². The monoisotopic (exact) mass is 431 g/mol. The SMILES string of the molecule is CCc1nn2c(C)c(C(=O)Nc3cc(C)ccc3OC)nnc2c1-c1ccc(OC)cc1. The summed E-state index contributed by atoms with van der Waals surface area (Å²) in [6.07, 6.45) is 0.714. The minimum atomic E-state index is -0.375. The first-order valence-electron chi connectivity index (χ1n) is 10.3. The average molecular weight is 431 g/mol. The molecule has 0 aliphatic heterocycles. The number of aryl methyl sites for hydroxylation is 3. The Labute approximate surface area is 186 Å². The van der Waals surface area contributed by atoms with Gasteiger partial charge in [-0.15, -0.1) is 10.2 Å². The molecule has 4 rings (SSSR count). The number of anilines is 1. The minimum Gasteiger partial charge on any atom is -0.497 e. The highest BCUT2D eigenvalue weighted by atomic mass is 16.5. The van der Waals surface area contributed by atoms with E-state index in [2.05, 4.69) is 15.5 Å². The summed E-state index contributed by atoms with van der Waals surface area (Å²) in [5.41, 5.74) is 5.74. The molecular weight excluding hydrogens is 406 g/mol. The van der Waals surface area contributed by atoms with E-state index >= 15 is 0 Å². The van der Waals surface area contributed by atoms with Crippen molar-refractivity contribution in [3.8, 4) is 22.6 Å². The zero-order valence-electron chi connectivity index (χ0n) is 18.8. The van der Waals surface area contributed by atoms with Gasteiger partial charge in [0.2, 0.25) is 0 Å². The molecule has 0 fully saturated rings. The summed E-state index contributed by atoms with van der Waals surface area (Å²) in [5.74, 6) is 0.973. The third kappa shape index (κ3) is 3.75. The Morgan fingerprint density at radius 3 is 2.44 bits per heavy atom. The third-order valence-electron chi connectivity index (χ3n) is 5.37. The van der Waals surface area contributed by atoms with Crippen molar-refractivity contribution in [2.45, 2.75) is 27.2 Å². The van der Waals surface area contributed by atoms with Crippen LogP contribution < -0.4 is 14.8 Å². The number of carbonyl (C=O) groups is 1. The number of carbonyl (C=O) groups excluding carboxylic acids is 1. The fourth-order valence-electron chi connectivity index (χ4n) is 3.66. The summed E-state index contributed by atoms with van der Waals surface area (Å²) >= 11 is 0. The normalized spacial score (nSPS) is 10.9. The minimum absolute atomic E-state index is 0.201. The molecule has 1 N–H and O–H groups in total. The molecular formula is C24H25N5O3. The van der Waals surface area contributed by atoms with Gasteiger partial charge in [0.25, 0.3) is 5.91 Å². The van der Waals surface area contributed by atoms with Crippen LogP contribution in [-0.4, -0.2) is 39.9 Å². The van der Waals surface area contributed by atoms with E-state index in [0.29, 0.717) is 29.2 Å². The van der Waals surface area contributed by atoms with Crippen LogP contribution in [0, 0.1) is 13.8 Å². The van der Waals surface area contributed by atoms with E-state index in [-0.39, 0.29) is 11.6 Å². The fourth-order valence-corrected chi connectivity index (χ4v) is 3.66. The Morgan fingerprint density at radius 1 is 1.03 bits per heavy atom. The van der Waals surface area contributed by atoms with Gasteiger partial charge in [-0.3, -0.25) is 4.79 Å². The standard InChI is InChI=1S/C24H25N5O3/c1-6-18-21(16-8-10-17(31-4)11-9-16)23-27-26-22(15(3)29(23)28-18)24(30)25-19-13-14(2)7-12-20(19)32-5/h7-13H,6H2,1-5H3,(H,25,30). The van der Waals surface area contributed by atoms with Crippen molar-refractivity contribution >= 4 is 17.2 Å². The van der Waals surface area contributed by atoms with Gasteiger partial charge >= 0.3 is 0 Å². The molecule has 0 saturated carbocycles. The zero-order valence-corrected chi connectivity index (χ0v) is 18.8. The lowest BCUT2D eigenvalue weighted by Crippen LogP contribution is -2.19. The zero-order chi connectivity index (χ0) is 22.8. The van der Waals surface area contributed by atoms with Gasteiger partial charge in [-0.2, -0.15) is 5.10 Å². The number of hydrogen-bond donors (Lipinski definition) is 1. The number of benzene rings is 2. The molecule has 1 amide bonds. The van der Waals surface area contributed by atoms with Crippen molar-refractivity contribution in [1.29, 1.82) is 0 Å². The summed E-state index contributed by atoms with van der Waals surface area (Å²) in [6.45, 7) is 5.80. The molecule has 0 radical (unpaired) electrons. The molecule has 0 aliphatic carbocycles. The molecule has 4 aromatic rings. The number of amides is 1. The quantitative estimate of drug-likeness (QED) is 0.491. The molecule has 2 heterocycles. The molecule has 0 unspecified atom stereocenters. The van der Waals surface area contributed by atoms with E-state index in [9.17, 15) is 4.79 Å². The maximum absolute atomic E-state index is 13.0. The van der Waals surface area contributed by atoms with Gasteiger partial charge < -0.3 is 14.8 Å². The second kappa shape index (κ2) is 8.66. The van der Waals surface area contributed by atoms with Gasteiger partial charge in [-0.1, -0.05) is 25.1 Å². The highest BCUT2D eigenvalue weighted by Crippen LogP contribution is 2.30. The van der Waals surface area contributed by atoms with Crippen molar-refractivity contribution in [1.82, 2.24) is 19.8 Å². The maximum atomic E-state index is 13.0. The highest BCUT2D eigenvalue weighted by molar-refractivity contribution is 6.04. The van der Waals surface area contributed by atoms with Crippen molar-refractivity contribution in [3.63, 3.8) is 0 Å². The van der Waals surface area contributed by atoms with Crippen LogP contribution in [0.15, 0.2) is 42.5 Å². The van der Waals surface area contributed by atoms with E-state index in [1.807, 2.05) is 63.2 Å². The topological polar surface area (TPSA) is 90.6 Å².